The monoisotopic (exact) mass is 166 g/mol. The fourth-order valence-electron chi connectivity index (χ4n) is 0.972. The summed E-state index contributed by atoms with van der Waals surface area (Å²) in [4.78, 5) is 0. The van der Waals surface area contributed by atoms with Crippen molar-refractivity contribution in [2.45, 2.75) is 26.4 Å². The van der Waals surface area contributed by atoms with Gasteiger partial charge in [-0.05, 0) is 25.5 Å². The van der Waals surface area contributed by atoms with Gasteiger partial charge in [0.05, 0.1) is 0 Å². The Bertz CT molecular complexity index is 261. The highest BCUT2D eigenvalue weighted by Gasteiger charge is 2.06. The van der Waals surface area contributed by atoms with Crippen molar-refractivity contribution >= 4 is 0 Å². The van der Waals surface area contributed by atoms with E-state index in [1.807, 2.05) is 26.0 Å². The Balaban J connectivity index is 2.64. The highest BCUT2D eigenvalue weighted by atomic mass is 16.4. The molecule has 0 aliphatic rings. The van der Waals surface area contributed by atoms with E-state index in [-0.39, 0.29) is 0 Å². The van der Waals surface area contributed by atoms with Gasteiger partial charge in [-0.2, -0.15) is 0 Å². The van der Waals surface area contributed by atoms with E-state index in [2.05, 4.69) is 0 Å². The summed E-state index contributed by atoms with van der Waals surface area (Å²) in [6.45, 7) is 3.89. The van der Waals surface area contributed by atoms with Gasteiger partial charge in [0.2, 0.25) is 0 Å². The molecule has 1 rings (SSSR count). The summed E-state index contributed by atoms with van der Waals surface area (Å²) in [7, 11) is 0. The first kappa shape index (κ1) is 9.07. The Morgan fingerprint density at radius 1 is 1.58 bits per heavy atom. The molecular weight excluding hydrogens is 152 g/mol. The maximum absolute atomic E-state index is 9.48. The van der Waals surface area contributed by atoms with Crippen LogP contribution in [0.5, 0.6) is 0 Å². The van der Waals surface area contributed by atoms with Crippen LogP contribution >= 0.6 is 0 Å². The molecule has 0 fully saturated rings. The fraction of sp³-hybridized carbons (Fsp3) is 0.400. The summed E-state index contributed by atoms with van der Waals surface area (Å²) in [5, 5.41) is 9.48. The van der Waals surface area contributed by atoms with E-state index in [0.717, 1.165) is 12.2 Å². The highest BCUT2D eigenvalue weighted by Crippen LogP contribution is 2.16. The number of furan rings is 1. The number of aryl methyl sites for hydroxylation is 1. The van der Waals surface area contributed by atoms with Crippen molar-refractivity contribution in [2.75, 3.05) is 0 Å². The molecule has 1 aromatic heterocycles. The minimum Gasteiger partial charge on any atom is -0.463 e. The topological polar surface area (TPSA) is 33.4 Å². The molecule has 12 heavy (non-hydrogen) atoms. The zero-order valence-electron chi connectivity index (χ0n) is 7.45. The SMILES string of the molecule is CC/C=C/C(O)c1ccc(C)o1. The van der Waals surface area contributed by atoms with Gasteiger partial charge >= 0.3 is 0 Å². The summed E-state index contributed by atoms with van der Waals surface area (Å²) < 4.78 is 5.24. The van der Waals surface area contributed by atoms with E-state index < -0.39 is 6.10 Å². The highest BCUT2D eigenvalue weighted by molar-refractivity contribution is 5.12. The maximum Gasteiger partial charge on any atom is 0.136 e. The zero-order chi connectivity index (χ0) is 8.97. The first-order valence-corrected chi connectivity index (χ1v) is 4.15. The molecule has 1 atom stereocenters. The van der Waals surface area contributed by atoms with Gasteiger partial charge in [-0.15, -0.1) is 0 Å². The van der Waals surface area contributed by atoms with Crippen molar-refractivity contribution in [1.82, 2.24) is 0 Å². The molecule has 1 unspecified atom stereocenters. The van der Waals surface area contributed by atoms with Crippen molar-refractivity contribution in [3.8, 4) is 0 Å². The molecule has 0 amide bonds. The molecule has 0 saturated heterocycles. The predicted molar refractivity (Wildman–Crippen MR) is 47.8 cm³/mol. The van der Waals surface area contributed by atoms with Gasteiger partial charge in [0.1, 0.15) is 17.6 Å². The predicted octanol–water partition coefficient (Wildman–Crippen LogP) is 2.59. The van der Waals surface area contributed by atoms with Crippen LogP contribution in [0, 0.1) is 6.92 Å². The van der Waals surface area contributed by atoms with Crippen molar-refractivity contribution in [3.05, 3.63) is 35.8 Å². The lowest BCUT2D eigenvalue weighted by molar-refractivity contribution is 0.195. The van der Waals surface area contributed by atoms with Crippen LogP contribution < -0.4 is 0 Å². The molecule has 66 valence electrons. The minimum atomic E-state index is -0.598. The zero-order valence-corrected chi connectivity index (χ0v) is 7.45. The van der Waals surface area contributed by atoms with Gasteiger partial charge in [0.15, 0.2) is 0 Å². The molecule has 1 heterocycles. The Kier molecular flexibility index (Phi) is 3.11. The van der Waals surface area contributed by atoms with Gasteiger partial charge in [-0.1, -0.05) is 19.1 Å². The van der Waals surface area contributed by atoms with E-state index in [0.29, 0.717) is 5.76 Å². The van der Waals surface area contributed by atoms with Crippen molar-refractivity contribution < 1.29 is 9.52 Å². The van der Waals surface area contributed by atoms with Gasteiger partial charge in [-0.3, -0.25) is 0 Å². The van der Waals surface area contributed by atoms with E-state index in [1.165, 1.54) is 0 Å². The Morgan fingerprint density at radius 2 is 2.33 bits per heavy atom. The molecule has 0 spiro atoms. The molecular formula is C10H14O2. The third-order valence-corrected chi connectivity index (χ3v) is 1.61. The van der Waals surface area contributed by atoms with Crippen LogP contribution in [0.4, 0.5) is 0 Å². The quantitative estimate of drug-likeness (QED) is 0.700. The van der Waals surface area contributed by atoms with Crippen molar-refractivity contribution in [3.63, 3.8) is 0 Å². The summed E-state index contributed by atoms with van der Waals surface area (Å²) in [6.07, 6.45) is 3.98. The molecule has 0 bridgehead atoms. The summed E-state index contributed by atoms with van der Waals surface area (Å²) in [5.74, 6) is 1.44. The standard InChI is InChI=1S/C10H14O2/c1-3-4-5-9(11)10-7-6-8(2)12-10/h4-7,9,11H,3H2,1-2H3/b5-4+. The molecule has 0 saturated carbocycles. The average Bonchev–Trinajstić information content (AvgIpc) is 2.47. The van der Waals surface area contributed by atoms with E-state index in [4.69, 9.17) is 4.42 Å². The van der Waals surface area contributed by atoms with Crippen LogP contribution in [-0.4, -0.2) is 5.11 Å². The van der Waals surface area contributed by atoms with Gasteiger partial charge in [0, 0.05) is 0 Å². The van der Waals surface area contributed by atoms with Gasteiger partial charge in [0.25, 0.3) is 0 Å². The van der Waals surface area contributed by atoms with Crippen molar-refractivity contribution in [1.29, 1.82) is 0 Å². The van der Waals surface area contributed by atoms with Crippen molar-refractivity contribution in [2.24, 2.45) is 0 Å². The second-order valence-corrected chi connectivity index (χ2v) is 2.73. The third kappa shape index (κ3) is 2.24. The summed E-state index contributed by atoms with van der Waals surface area (Å²) in [5.41, 5.74) is 0. The van der Waals surface area contributed by atoms with Gasteiger partial charge in [-0.25, -0.2) is 0 Å². The average molecular weight is 166 g/mol. The van der Waals surface area contributed by atoms with Crippen LogP contribution in [0.3, 0.4) is 0 Å². The molecule has 0 aliphatic heterocycles. The number of aliphatic hydroxyl groups excluding tert-OH is 1. The maximum atomic E-state index is 9.48. The second-order valence-electron chi connectivity index (χ2n) is 2.73. The van der Waals surface area contributed by atoms with Crippen LogP contribution in [0.25, 0.3) is 0 Å². The largest absolute Gasteiger partial charge is 0.463 e. The number of aliphatic hydroxyl groups is 1. The van der Waals surface area contributed by atoms with Crippen LogP contribution in [0.2, 0.25) is 0 Å². The Hall–Kier alpha value is -1.02. The molecule has 0 radical (unpaired) electrons. The number of hydrogen-bond donors (Lipinski definition) is 1. The first-order chi connectivity index (χ1) is 5.74. The Labute approximate surface area is 72.5 Å². The van der Waals surface area contributed by atoms with E-state index >= 15 is 0 Å². The number of allylic oxidation sites excluding steroid dienone is 1. The molecule has 0 aliphatic carbocycles. The normalized spacial score (nSPS) is 13.9. The lowest BCUT2D eigenvalue weighted by Crippen LogP contribution is -1.89. The molecule has 1 N–H and O–H groups in total. The Morgan fingerprint density at radius 3 is 2.83 bits per heavy atom. The summed E-state index contributed by atoms with van der Waals surface area (Å²) >= 11 is 0. The smallest absolute Gasteiger partial charge is 0.136 e. The summed E-state index contributed by atoms with van der Waals surface area (Å²) in [6, 6.07) is 3.64. The van der Waals surface area contributed by atoms with E-state index in [1.54, 1.807) is 12.1 Å². The number of rotatable bonds is 3. The van der Waals surface area contributed by atoms with Crippen LogP contribution in [0.1, 0.15) is 31.0 Å². The fourth-order valence-corrected chi connectivity index (χ4v) is 0.972. The molecule has 2 heteroatoms. The van der Waals surface area contributed by atoms with Crippen LogP contribution in [-0.2, 0) is 0 Å². The second kappa shape index (κ2) is 4.12. The third-order valence-electron chi connectivity index (χ3n) is 1.61. The molecule has 2 nitrogen and oxygen atoms in total. The number of hydrogen-bond acceptors (Lipinski definition) is 2. The molecule has 1 aromatic rings. The van der Waals surface area contributed by atoms with Gasteiger partial charge < -0.3 is 9.52 Å². The molecule has 0 aromatic carbocycles. The lowest BCUT2D eigenvalue weighted by Gasteiger charge is -1.99. The van der Waals surface area contributed by atoms with E-state index in [9.17, 15) is 5.11 Å². The van der Waals surface area contributed by atoms with Crippen LogP contribution in [0.15, 0.2) is 28.7 Å². The first-order valence-electron chi connectivity index (χ1n) is 4.15. The minimum absolute atomic E-state index is 0.598. The lowest BCUT2D eigenvalue weighted by atomic mass is 10.2.